The molecule has 0 heterocycles. The van der Waals surface area contributed by atoms with Gasteiger partial charge in [-0.25, -0.2) is 9.59 Å². The van der Waals surface area contributed by atoms with Crippen molar-refractivity contribution in [2.45, 2.75) is 38.2 Å². The minimum Gasteiger partial charge on any atom is -0.478 e. The second kappa shape index (κ2) is 8.43. The fourth-order valence-electron chi connectivity index (χ4n) is 2.48. The van der Waals surface area contributed by atoms with E-state index in [4.69, 9.17) is 51.1 Å². The number of rotatable bonds is 3. The van der Waals surface area contributed by atoms with Crippen LogP contribution in [0.2, 0.25) is 20.1 Å². The highest BCUT2D eigenvalue weighted by molar-refractivity contribution is 6.54. The summed E-state index contributed by atoms with van der Waals surface area (Å²) in [6.07, 6.45) is 7.70. The second-order valence-corrected chi connectivity index (χ2v) is 6.83. The van der Waals surface area contributed by atoms with Gasteiger partial charge in [0, 0.05) is 0 Å². The number of allylic oxidation sites excluding steroid dienone is 2. The summed E-state index contributed by atoms with van der Waals surface area (Å²) in [6, 6.07) is 0. The SMILES string of the molecule is O=C(O)c1c(Cl)c(Cl)c(Cl)c(Cl)c1C(=O)OC1CC/C=C\CCC1. The van der Waals surface area contributed by atoms with Crippen LogP contribution in [0.15, 0.2) is 12.2 Å². The summed E-state index contributed by atoms with van der Waals surface area (Å²) < 4.78 is 5.45. The average molecular weight is 412 g/mol. The van der Waals surface area contributed by atoms with E-state index in [1.807, 2.05) is 6.08 Å². The van der Waals surface area contributed by atoms with E-state index in [1.54, 1.807) is 0 Å². The molecule has 130 valence electrons. The molecule has 0 aliphatic heterocycles. The average Bonchev–Trinajstić information content (AvgIpc) is 2.50. The zero-order valence-corrected chi connectivity index (χ0v) is 15.5. The molecule has 0 bridgehead atoms. The molecule has 1 aromatic carbocycles. The summed E-state index contributed by atoms with van der Waals surface area (Å²) in [5, 5.41) is 8.35. The van der Waals surface area contributed by atoms with E-state index < -0.39 is 17.5 Å². The van der Waals surface area contributed by atoms with Crippen LogP contribution in [0, 0.1) is 0 Å². The molecule has 0 fully saturated rings. The Kier molecular flexibility index (Phi) is 6.81. The number of carbonyl (C=O) groups is 2. The first kappa shape index (κ1) is 19.4. The fraction of sp³-hybridized carbons (Fsp3) is 0.375. The molecule has 0 saturated heterocycles. The molecule has 1 atom stereocenters. The molecule has 1 unspecified atom stereocenters. The molecule has 8 heteroatoms. The van der Waals surface area contributed by atoms with Crippen LogP contribution in [0.4, 0.5) is 0 Å². The third-order valence-corrected chi connectivity index (χ3v) is 5.48. The van der Waals surface area contributed by atoms with Gasteiger partial charge in [0.1, 0.15) is 6.10 Å². The lowest BCUT2D eigenvalue weighted by molar-refractivity contribution is 0.0253. The highest BCUT2D eigenvalue weighted by Gasteiger charge is 2.31. The van der Waals surface area contributed by atoms with E-state index in [0.717, 1.165) is 19.3 Å². The van der Waals surface area contributed by atoms with Crippen LogP contribution in [-0.2, 0) is 4.74 Å². The van der Waals surface area contributed by atoms with Crippen molar-refractivity contribution in [3.8, 4) is 0 Å². The molecule has 0 saturated carbocycles. The van der Waals surface area contributed by atoms with E-state index in [9.17, 15) is 14.7 Å². The van der Waals surface area contributed by atoms with Crippen molar-refractivity contribution in [1.29, 1.82) is 0 Å². The van der Waals surface area contributed by atoms with Crippen LogP contribution in [0.1, 0.15) is 52.8 Å². The molecule has 24 heavy (non-hydrogen) atoms. The lowest BCUT2D eigenvalue weighted by Crippen LogP contribution is -2.21. The minimum atomic E-state index is -1.44. The Bertz CT molecular complexity index is 700. The number of aromatic carboxylic acids is 1. The van der Waals surface area contributed by atoms with E-state index >= 15 is 0 Å². The molecule has 0 amide bonds. The maximum absolute atomic E-state index is 12.5. The summed E-state index contributed by atoms with van der Waals surface area (Å²) in [6.45, 7) is 0. The van der Waals surface area contributed by atoms with Gasteiger partial charge in [0.05, 0.1) is 31.2 Å². The Morgan fingerprint density at radius 3 is 2.12 bits per heavy atom. The molecular weight excluding hydrogens is 398 g/mol. The Labute approximate surface area is 159 Å². The maximum atomic E-state index is 12.5. The first-order chi connectivity index (χ1) is 11.3. The van der Waals surface area contributed by atoms with Crippen molar-refractivity contribution >= 4 is 58.3 Å². The van der Waals surface area contributed by atoms with Crippen LogP contribution in [0.5, 0.6) is 0 Å². The second-order valence-electron chi connectivity index (χ2n) is 5.32. The normalized spacial score (nSPS) is 19.2. The zero-order chi connectivity index (χ0) is 17.9. The van der Waals surface area contributed by atoms with E-state index in [0.29, 0.717) is 12.8 Å². The quantitative estimate of drug-likeness (QED) is 0.285. The third kappa shape index (κ3) is 4.17. The fourth-order valence-corrected chi connectivity index (χ4v) is 3.49. The van der Waals surface area contributed by atoms with Gasteiger partial charge < -0.3 is 9.84 Å². The highest BCUT2D eigenvalue weighted by Crippen LogP contribution is 2.42. The molecule has 1 aromatic rings. The summed E-state index contributed by atoms with van der Waals surface area (Å²) in [4.78, 5) is 24.0. The highest BCUT2D eigenvalue weighted by atomic mass is 35.5. The first-order valence-electron chi connectivity index (χ1n) is 7.29. The van der Waals surface area contributed by atoms with Crippen molar-refractivity contribution in [2.75, 3.05) is 0 Å². The van der Waals surface area contributed by atoms with Crippen molar-refractivity contribution in [3.05, 3.63) is 43.4 Å². The summed E-state index contributed by atoms with van der Waals surface area (Å²) in [7, 11) is 0. The molecule has 1 N–H and O–H groups in total. The summed E-state index contributed by atoms with van der Waals surface area (Å²) in [5.74, 6) is -2.31. The largest absolute Gasteiger partial charge is 0.478 e. The summed E-state index contributed by atoms with van der Waals surface area (Å²) in [5.41, 5.74) is -0.882. The van der Waals surface area contributed by atoms with Gasteiger partial charge in [-0.05, 0) is 32.1 Å². The monoisotopic (exact) mass is 410 g/mol. The van der Waals surface area contributed by atoms with E-state index in [-0.39, 0.29) is 31.8 Å². The molecule has 0 radical (unpaired) electrons. The zero-order valence-electron chi connectivity index (χ0n) is 12.5. The number of benzene rings is 1. The Morgan fingerprint density at radius 1 is 0.917 bits per heavy atom. The lowest BCUT2D eigenvalue weighted by Gasteiger charge is -2.20. The van der Waals surface area contributed by atoms with Gasteiger partial charge in [0.25, 0.3) is 0 Å². The number of hydrogen-bond donors (Lipinski definition) is 1. The van der Waals surface area contributed by atoms with Crippen molar-refractivity contribution < 1.29 is 19.4 Å². The van der Waals surface area contributed by atoms with Crippen LogP contribution in [0.3, 0.4) is 0 Å². The predicted octanol–water partition coefficient (Wildman–Crippen LogP) is 6.04. The lowest BCUT2D eigenvalue weighted by atomic mass is 10.0. The van der Waals surface area contributed by atoms with Gasteiger partial charge in [-0.15, -0.1) is 0 Å². The standard InChI is InChI=1S/C16H14Cl4O4/c17-11-9(15(21)22)10(12(18)14(20)13(11)19)16(23)24-8-6-4-2-1-3-5-7-8/h1-2,8H,3-7H2,(H,21,22)/b2-1-. The summed E-state index contributed by atoms with van der Waals surface area (Å²) >= 11 is 23.8. The van der Waals surface area contributed by atoms with E-state index in [1.165, 1.54) is 0 Å². The number of carboxylic acids is 1. The van der Waals surface area contributed by atoms with Gasteiger partial charge in [-0.2, -0.15) is 0 Å². The molecule has 0 spiro atoms. The smallest absolute Gasteiger partial charge is 0.340 e. The number of esters is 1. The number of hydrogen-bond acceptors (Lipinski definition) is 3. The topological polar surface area (TPSA) is 63.6 Å². The Morgan fingerprint density at radius 2 is 1.50 bits per heavy atom. The number of carbonyl (C=O) groups excluding carboxylic acids is 1. The molecule has 2 rings (SSSR count). The van der Waals surface area contributed by atoms with E-state index in [2.05, 4.69) is 6.08 Å². The van der Waals surface area contributed by atoms with Crippen molar-refractivity contribution in [3.63, 3.8) is 0 Å². The van der Waals surface area contributed by atoms with Gasteiger partial charge in [-0.3, -0.25) is 0 Å². The molecule has 1 aliphatic rings. The minimum absolute atomic E-state index is 0.180. The molecular formula is C16H14Cl4O4. The Balaban J connectivity index is 2.38. The van der Waals surface area contributed by atoms with Crippen LogP contribution >= 0.6 is 46.4 Å². The van der Waals surface area contributed by atoms with Crippen LogP contribution in [-0.4, -0.2) is 23.1 Å². The number of carboxylic acid groups (broad SMARTS) is 1. The first-order valence-corrected chi connectivity index (χ1v) is 8.81. The molecule has 0 aromatic heterocycles. The molecule has 4 nitrogen and oxygen atoms in total. The van der Waals surface area contributed by atoms with Crippen molar-refractivity contribution in [2.24, 2.45) is 0 Å². The van der Waals surface area contributed by atoms with Gasteiger partial charge >= 0.3 is 11.9 Å². The molecule has 1 aliphatic carbocycles. The van der Waals surface area contributed by atoms with Gasteiger partial charge in [0.2, 0.25) is 0 Å². The Hall–Kier alpha value is -0.940. The van der Waals surface area contributed by atoms with Crippen LogP contribution < -0.4 is 0 Å². The van der Waals surface area contributed by atoms with Gasteiger partial charge in [-0.1, -0.05) is 58.6 Å². The van der Waals surface area contributed by atoms with Gasteiger partial charge in [0.15, 0.2) is 0 Å². The predicted molar refractivity (Wildman–Crippen MR) is 94.9 cm³/mol. The number of halogens is 4. The van der Waals surface area contributed by atoms with Crippen molar-refractivity contribution in [1.82, 2.24) is 0 Å². The number of ether oxygens (including phenoxy) is 1. The maximum Gasteiger partial charge on any atom is 0.340 e. The van der Waals surface area contributed by atoms with Crippen LogP contribution in [0.25, 0.3) is 0 Å². The third-order valence-electron chi connectivity index (χ3n) is 3.68.